The number of aryl methyl sites for hydroxylation is 1. The number of halogens is 3. The van der Waals surface area contributed by atoms with Crippen molar-refractivity contribution in [1.82, 2.24) is 14.8 Å². The lowest BCUT2D eigenvalue weighted by Gasteiger charge is -2.18. The fourth-order valence-electron chi connectivity index (χ4n) is 3.09. The standard InChI is InChI=1S/C23H24F3N3OS/c1-5-12-29-21(17(4)30-20-11-6-8-15(2)16(20)3)27-28-22(29)31-14-18-9-7-10-19(13-18)23(24,25)26/h5-11,13,17H,1,12,14H2,2-4H3. The van der Waals surface area contributed by atoms with Gasteiger partial charge >= 0.3 is 6.18 Å². The largest absolute Gasteiger partial charge is 0.482 e. The van der Waals surface area contributed by atoms with Crippen LogP contribution in [0, 0.1) is 13.8 Å². The zero-order valence-electron chi connectivity index (χ0n) is 17.6. The lowest BCUT2D eigenvalue weighted by atomic mass is 10.1. The minimum atomic E-state index is -4.36. The molecule has 0 saturated heterocycles. The SMILES string of the molecule is C=CCn1c(SCc2cccc(C(F)(F)F)c2)nnc1C(C)Oc1cccc(C)c1C. The number of hydrogen-bond acceptors (Lipinski definition) is 4. The van der Waals surface area contributed by atoms with Gasteiger partial charge in [-0.15, -0.1) is 16.8 Å². The Bertz CT molecular complexity index is 1060. The molecule has 4 nitrogen and oxygen atoms in total. The summed E-state index contributed by atoms with van der Waals surface area (Å²) in [6.07, 6.45) is -3.00. The van der Waals surface area contributed by atoms with Crippen LogP contribution in [-0.4, -0.2) is 14.8 Å². The molecule has 3 rings (SSSR count). The van der Waals surface area contributed by atoms with Crippen molar-refractivity contribution in [2.45, 2.75) is 50.5 Å². The zero-order chi connectivity index (χ0) is 22.6. The summed E-state index contributed by atoms with van der Waals surface area (Å²) in [5.41, 5.74) is 2.10. The van der Waals surface area contributed by atoms with Crippen molar-refractivity contribution in [3.8, 4) is 5.75 Å². The lowest BCUT2D eigenvalue weighted by Crippen LogP contribution is -2.13. The molecule has 1 atom stereocenters. The fourth-order valence-corrected chi connectivity index (χ4v) is 3.99. The Hall–Kier alpha value is -2.74. The van der Waals surface area contributed by atoms with Gasteiger partial charge in [-0.05, 0) is 49.6 Å². The Kier molecular flexibility index (Phi) is 7.10. The summed E-state index contributed by atoms with van der Waals surface area (Å²) in [7, 11) is 0. The molecule has 0 spiro atoms. The van der Waals surface area contributed by atoms with E-state index >= 15 is 0 Å². The van der Waals surface area contributed by atoms with E-state index in [1.165, 1.54) is 17.8 Å². The summed E-state index contributed by atoms with van der Waals surface area (Å²) in [4.78, 5) is 0. The van der Waals surface area contributed by atoms with Crippen LogP contribution < -0.4 is 4.74 Å². The van der Waals surface area contributed by atoms with Gasteiger partial charge in [-0.25, -0.2) is 0 Å². The zero-order valence-corrected chi connectivity index (χ0v) is 18.4. The first-order valence-corrected chi connectivity index (χ1v) is 10.7. The van der Waals surface area contributed by atoms with Gasteiger partial charge in [0.25, 0.3) is 0 Å². The van der Waals surface area contributed by atoms with Crippen molar-refractivity contribution in [2.75, 3.05) is 0 Å². The number of alkyl halides is 3. The van der Waals surface area contributed by atoms with E-state index in [1.807, 2.05) is 43.5 Å². The number of aromatic nitrogens is 3. The van der Waals surface area contributed by atoms with Crippen molar-refractivity contribution in [3.63, 3.8) is 0 Å². The molecule has 0 amide bonds. The number of hydrogen-bond donors (Lipinski definition) is 0. The van der Waals surface area contributed by atoms with E-state index in [4.69, 9.17) is 4.74 Å². The van der Waals surface area contributed by atoms with E-state index in [0.29, 0.717) is 28.8 Å². The first-order valence-electron chi connectivity index (χ1n) is 9.76. The van der Waals surface area contributed by atoms with Gasteiger partial charge in [0.05, 0.1) is 5.56 Å². The summed E-state index contributed by atoms with van der Waals surface area (Å²) in [5, 5.41) is 9.14. The molecule has 164 valence electrons. The molecule has 31 heavy (non-hydrogen) atoms. The third kappa shape index (κ3) is 5.50. The summed E-state index contributed by atoms with van der Waals surface area (Å²) in [6.45, 7) is 10.2. The number of ether oxygens (including phenoxy) is 1. The monoisotopic (exact) mass is 447 g/mol. The maximum absolute atomic E-state index is 13.0. The normalized spacial score (nSPS) is 12.6. The van der Waals surface area contributed by atoms with Gasteiger partial charge in [0.15, 0.2) is 17.1 Å². The first kappa shape index (κ1) is 22.9. The van der Waals surface area contributed by atoms with Gasteiger partial charge in [0, 0.05) is 12.3 Å². The highest BCUT2D eigenvalue weighted by atomic mass is 32.2. The van der Waals surface area contributed by atoms with Gasteiger partial charge in [-0.1, -0.05) is 48.2 Å². The molecule has 1 aromatic heterocycles. The molecule has 0 N–H and O–H groups in total. The van der Waals surface area contributed by atoms with Crippen LogP contribution in [0.3, 0.4) is 0 Å². The van der Waals surface area contributed by atoms with Crippen LogP contribution in [-0.2, 0) is 18.5 Å². The number of nitrogens with zero attached hydrogens (tertiary/aromatic N) is 3. The van der Waals surface area contributed by atoms with Gasteiger partial charge in [0.1, 0.15) is 5.75 Å². The molecule has 0 aliphatic rings. The van der Waals surface area contributed by atoms with Crippen molar-refractivity contribution in [1.29, 1.82) is 0 Å². The number of benzene rings is 2. The molecule has 2 aromatic carbocycles. The minimum absolute atomic E-state index is 0.339. The predicted octanol–water partition coefficient (Wildman–Crippen LogP) is 6.53. The highest BCUT2D eigenvalue weighted by molar-refractivity contribution is 7.98. The van der Waals surface area contributed by atoms with E-state index in [-0.39, 0.29) is 6.10 Å². The molecule has 0 radical (unpaired) electrons. The third-order valence-corrected chi connectivity index (χ3v) is 5.94. The maximum atomic E-state index is 13.0. The molecular formula is C23H24F3N3OS. The quantitative estimate of drug-likeness (QED) is 0.291. The van der Waals surface area contributed by atoms with Crippen LogP contribution >= 0.6 is 11.8 Å². The summed E-state index contributed by atoms with van der Waals surface area (Å²) < 4.78 is 46.9. The summed E-state index contributed by atoms with van der Waals surface area (Å²) in [5.74, 6) is 1.75. The van der Waals surface area contributed by atoms with Gasteiger partial charge < -0.3 is 4.74 Å². The van der Waals surface area contributed by atoms with E-state index in [2.05, 4.69) is 16.8 Å². The minimum Gasteiger partial charge on any atom is -0.482 e. The molecule has 0 aliphatic carbocycles. The van der Waals surface area contributed by atoms with Crippen LogP contribution in [0.5, 0.6) is 5.75 Å². The van der Waals surface area contributed by atoms with E-state index in [0.717, 1.165) is 29.0 Å². The highest BCUT2D eigenvalue weighted by Gasteiger charge is 2.30. The first-order chi connectivity index (χ1) is 14.7. The second-order valence-corrected chi connectivity index (χ2v) is 8.13. The number of rotatable bonds is 8. The number of thioether (sulfide) groups is 1. The molecule has 0 saturated carbocycles. The predicted molar refractivity (Wildman–Crippen MR) is 116 cm³/mol. The lowest BCUT2D eigenvalue weighted by molar-refractivity contribution is -0.137. The third-order valence-electron chi connectivity index (χ3n) is 4.90. The molecule has 0 aliphatic heterocycles. The van der Waals surface area contributed by atoms with E-state index in [1.54, 1.807) is 12.1 Å². The highest BCUT2D eigenvalue weighted by Crippen LogP contribution is 2.32. The number of allylic oxidation sites excluding steroid dienone is 1. The fraction of sp³-hybridized carbons (Fsp3) is 0.304. The molecule has 0 bridgehead atoms. The Morgan fingerprint density at radius 2 is 1.90 bits per heavy atom. The van der Waals surface area contributed by atoms with Crippen LogP contribution in [0.1, 0.15) is 41.1 Å². The average molecular weight is 448 g/mol. The maximum Gasteiger partial charge on any atom is 0.416 e. The summed E-state index contributed by atoms with van der Waals surface area (Å²) in [6, 6.07) is 11.2. The van der Waals surface area contributed by atoms with Gasteiger partial charge in [-0.3, -0.25) is 4.57 Å². The molecule has 0 fully saturated rings. The van der Waals surface area contributed by atoms with Crippen LogP contribution in [0.15, 0.2) is 60.3 Å². The second kappa shape index (κ2) is 9.60. The second-order valence-electron chi connectivity index (χ2n) is 7.18. The topological polar surface area (TPSA) is 39.9 Å². The molecule has 1 heterocycles. The molecular weight excluding hydrogens is 423 g/mol. The average Bonchev–Trinajstić information content (AvgIpc) is 3.12. The Morgan fingerprint density at radius 3 is 2.61 bits per heavy atom. The van der Waals surface area contributed by atoms with Crippen LogP contribution in [0.25, 0.3) is 0 Å². The van der Waals surface area contributed by atoms with Crippen molar-refractivity contribution in [3.05, 3.63) is 83.2 Å². The molecule has 1 unspecified atom stereocenters. The van der Waals surface area contributed by atoms with Crippen molar-refractivity contribution >= 4 is 11.8 Å². The Morgan fingerprint density at radius 1 is 1.16 bits per heavy atom. The van der Waals surface area contributed by atoms with Crippen molar-refractivity contribution < 1.29 is 17.9 Å². The van der Waals surface area contributed by atoms with Gasteiger partial charge in [-0.2, -0.15) is 13.2 Å². The summed E-state index contributed by atoms with van der Waals surface area (Å²) >= 11 is 1.33. The Labute approximate surface area is 184 Å². The van der Waals surface area contributed by atoms with Crippen molar-refractivity contribution in [2.24, 2.45) is 0 Å². The van der Waals surface area contributed by atoms with Crippen LogP contribution in [0.4, 0.5) is 13.2 Å². The van der Waals surface area contributed by atoms with E-state index < -0.39 is 11.7 Å². The van der Waals surface area contributed by atoms with E-state index in [9.17, 15) is 13.2 Å². The molecule has 8 heteroatoms. The Balaban J connectivity index is 1.79. The van der Waals surface area contributed by atoms with Gasteiger partial charge in [0.2, 0.25) is 0 Å². The smallest absolute Gasteiger partial charge is 0.416 e. The van der Waals surface area contributed by atoms with Crippen LogP contribution in [0.2, 0.25) is 0 Å². The molecule has 3 aromatic rings.